The van der Waals surface area contributed by atoms with E-state index in [4.69, 9.17) is 19.4 Å². The SMILES string of the molecule is C=CC(=O)Nc1cc(N2CC(C3CN(C4CCOCC4)CCS3(=O)=O)C2C)c2cnc(Nc3ccnc(N4CC[C@@H](OC)[C@@H](F)C4)c3)nc2c1C(C)C. The van der Waals surface area contributed by atoms with Crippen molar-refractivity contribution in [3.05, 3.63) is 48.8 Å². The molecule has 4 aliphatic rings. The maximum atomic E-state index is 14.7. The van der Waals surface area contributed by atoms with Gasteiger partial charge in [-0.1, -0.05) is 20.4 Å². The van der Waals surface area contributed by atoms with Crippen LogP contribution in [0.3, 0.4) is 0 Å². The van der Waals surface area contributed by atoms with Gasteiger partial charge in [0.05, 0.1) is 34.9 Å². The van der Waals surface area contributed by atoms with E-state index >= 15 is 0 Å². The fourth-order valence-corrected chi connectivity index (χ4v) is 10.6. The molecule has 0 spiro atoms. The number of carbonyl (C=O) groups is 1. The van der Waals surface area contributed by atoms with Gasteiger partial charge in [0.1, 0.15) is 12.0 Å². The number of benzene rings is 1. The van der Waals surface area contributed by atoms with Crippen molar-refractivity contribution in [3.8, 4) is 0 Å². The molecule has 15 heteroatoms. The van der Waals surface area contributed by atoms with Crippen LogP contribution >= 0.6 is 0 Å². The Morgan fingerprint density at radius 1 is 1.13 bits per heavy atom. The van der Waals surface area contributed by atoms with Crippen molar-refractivity contribution in [2.24, 2.45) is 5.92 Å². The van der Waals surface area contributed by atoms with Crippen molar-refractivity contribution >= 4 is 55.5 Å². The number of sulfone groups is 1. The number of carbonyl (C=O) groups excluding carboxylic acids is 1. The molecule has 4 aliphatic heterocycles. The molecule has 2 N–H and O–H groups in total. The fraction of sp³-hybridized carbons (Fsp3) is 0.579. The maximum absolute atomic E-state index is 14.7. The number of aromatic nitrogens is 3. The van der Waals surface area contributed by atoms with Crippen LogP contribution < -0.4 is 20.4 Å². The second-order valence-electron chi connectivity index (χ2n) is 15.0. The number of nitrogens with one attached hydrogen (secondary N) is 2. The summed E-state index contributed by atoms with van der Waals surface area (Å²) in [5.41, 5.74) is 3.68. The van der Waals surface area contributed by atoms with Crippen LogP contribution in [0.15, 0.2) is 43.2 Å². The van der Waals surface area contributed by atoms with Crippen LogP contribution in [-0.4, -0.2) is 123 Å². The minimum absolute atomic E-state index is 0.0178. The topological polar surface area (TPSA) is 142 Å². The number of nitrogens with zero attached hydrogens (tertiary/aromatic N) is 6. The normalized spacial score (nSPS) is 26.7. The molecular weight excluding hydrogens is 700 g/mol. The first-order chi connectivity index (χ1) is 25.5. The van der Waals surface area contributed by atoms with Crippen LogP contribution in [0.2, 0.25) is 0 Å². The van der Waals surface area contributed by atoms with Crippen LogP contribution in [0.25, 0.3) is 10.9 Å². The molecule has 6 heterocycles. The molecule has 0 radical (unpaired) electrons. The zero-order chi connectivity index (χ0) is 37.4. The van der Waals surface area contributed by atoms with Gasteiger partial charge in [0, 0.05) is 105 Å². The van der Waals surface area contributed by atoms with Crippen molar-refractivity contribution in [2.45, 2.75) is 75.6 Å². The fourth-order valence-electron chi connectivity index (χ4n) is 8.52. The third-order valence-corrected chi connectivity index (χ3v) is 13.7. The zero-order valence-corrected chi connectivity index (χ0v) is 31.8. The number of ether oxygens (including phenoxy) is 2. The summed E-state index contributed by atoms with van der Waals surface area (Å²) in [5.74, 6) is 0.764. The van der Waals surface area contributed by atoms with Crippen LogP contribution in [0.4, 0.5) is 33.2 Å². The van der Waals surface area contributed by atoms with E-state index in [0.29, 0.717) is 80.5 Å². The highest BCUT2D eigenvalue weighted by atomic mass is 32.2. The van der Waals surface area contributed by atoms with E-state index in [2.05, 4.69) is 38.9 Å². The molecule has 4 fully saturated rings. The van der Waals surface area contributed by atoms with Gasteiger partial charge < -0.3 is 29.9 Å². The Kier molecular flexibility index (Phi) is 10.9. The first-order valence-corrected chi connectivity index (χ1v) is 20.4. The average molecular weight is 751 g/mol. The smallest absolute Gasteiger partial charge is 0.247 e. The number of alkyl halides is 1. The van der Waals surface area contributed by atoms with Crippen molar-refractivity contribution in [3.63, 3.8) is 0 Å². The molecule has 0 aliphatic carbocycles. The lowest BCUT2D eigenvalue weighted by molar-refractivity contribution is -0.111. The predicted octanol–water partition coefficient (Wildman–Crippen LogP) is 4.68. The number of fused-ring (bicyclic) bond motifs is 1. The van der Waals surface area contributed by atoms with E-state index in [1.807, 2.05) is 36.9 Å². The zero-order valence-electron chi connectivity index (χ0n) is 31.0. The second-order valence-corrected chi connectivity index (χ2v) is 17.4. The quantitative estimate of drug-likeness (QED) is 0.278. The lowest BCUT2D eigenvalue weighted by atomic mass is 9.84. The number of piperidine rings is 1. The number of rotatable bonds is 10. The van der Waals surface area contributed by atoms with Crippen molar-refractivity contribution in [2.75, 3.05) is 79.2 Å². The molecule has 2 aromatic heterocycles. The number of hydrogen-bond donors (Lipinski definition) is 2. The highest BCUT2D eigenvalue weighted by molar-refractivity contribution is 7.92. The number of anilines is 5. The Bertz CT molecular complexity index is 1940. The number of halogens is 1. The van der Waals surface area contributed by atoms with Gasteiger partial charge in [-0.25, -0.2) is 27.8 Å². The molecule has 1 amide bonds. The Morgan fingerprint density at radius 3 is 2.62 bits per heavy atom. The van der Waals surface area contributed by atoms with Crippen LogP contribution in [0.1, 0.15) is 51.5 Å². The average Bonchev–Trinajstić information content (AvgIpc) is 3.15. The molecule has 3 aromatic rings. The van der Waals surface area contributed by atoms with Gasteiger partial charge in [-0.3, -0.25) is 9.69 Å². The molecule has 13 nitrogen and oxygen atoms in total. The summed E-state index contributed by atoms with van der Waals surface area (Å²) in [5, 5.41) is 6.69. The standard InChI is InChI=1S/C38H51FN8O5S/c1-6-35(48)43-30-18-31(47-20-28(24(47)4)33-22-45(13-16-53(33,49)50)26-9-14-52-15-10-26)27-19-41-38(44-37(27)36(30)23(2)3)42-25-7-11-40-34(17-25)46-12-8-32(51-5)29(39)21-46/h6-7,11,17-19,23-24,26,28-29,32-33H,1,8-10,12-16,20-22H2,2-5H3,(H,43,48)(H,40,41,42,44)/t24?,28?,29-,32+,33?/m0/s1. The molecule has 0 bridgehead atoms. The molecule has 5 atom stereocenters. The summed E-state index contributed by atoms with van der Waals surface area (Å²) in [6.45, 7) is 13.8. The largest absolute Gasteiger partial charge is 0.381 e. The minimum Gasteiger partial charge on any atom is -0.381 e. The van der Waals surface area contributed by atoms with Crippen molar-refractivity contribution < 1.29 is 27.1 Å². The van der Waals surface area contributed by atoms with Gasteiger partial charge >= 0.3 is 0 Å². The lowest BCUT2D eigenvalue weighted by Gasteiger charge is -2.53. The summed E-state index contributed by atoms with van der Waals surface area (Å²) < 4.78 is 52.6. The van der Waals surface area contributed by atoms with E-state index in [1.165, 1.54) is 13.2 Å². The van der Waals surface area contributed by atoms with Gasteiger partial charge in [0.2, 0.25) is 11.9 Å². The number of pyridine rings is 1. The highest BCUT2D eigenvalue weighted by Crippen LogP contribution is 2.44. The summed E-state index contributed by atoms with van der Waals surface area (Å²) in [6, 6.07) is 5.91. The van der Waals surface area contributed by atoms with E-state index in [-0.39, 0.29) is 36.1 Å². The summed E-state index contributed by atoms with van der Waals surface area (Å²) in [7, 11) is -1.73. The number of methoxy groups -OCH3 is 1. The Morgan fingerprint density at radius 2 is 1.92 bits per heavy atom. The van der Waals surface area contributed by atoms with Gasteiger partial charge in [-0.15, -0.1) is 0 Å². The van der Waals surface area contributed by atoms with E-state index in [9.17, 15) is 17.6 Å². The van der Waals surface area contributed by atoms with Gasteiger partial charge in [0.25, 0.3) is 0 Å². The first kappa shape index (κ1) is 37.4. The molecule has 0 saturated carbocycles. The summed E-state index contributed by atoms with van der Waals surface area (Å²) in [4.78, 5) is 33.5. The van der Waals surface area contributed by atoms with E-state index in [0.717, 1.165) is 29.5 Å². The Hall–Kier alpha value is -3.92. The molecular formula is C38H51FN8O5S. The number of amides is 1. The number of hydrogen-bond acceptors (Lipinski definition) is 12. The summed E-state index contributed by atoms with van der Waals surface area (Å²) in [6.07, 6.45) is 5.60. The third-order valence-electron chi connectivity index (χ3n) is 11.6. The first-order valence-electron chi connectivity index (χ1n) is 18.7. The molecule has 53 heavy (non-hydrogen) atoms. The van der Waals surface area contributed by atoms with Crippen LogP contribution in [0.5, 0.6) is 0 Å². The molecule has 3 unspecified atom stereocenters. The molecule has 286 valence electrons. The molecule has 1 aromatic carbocycles. The van der Waals surface area contributed by atoms with E-state index in [1.54, 1.807) is 12.4 Å². The Labute approximate surface area is 311 Å². The third kappa shape index (κ3) is 7.58. The van der Waals surface area contributed by atoms with Gasteiger partial charge in [-0.2, -0.15) is 0 Å². The minimum atomic E-state index is -3.27. The molecule has 7 rings (SSSR count). The lowest BCUT2D eigenvalue weighted by Crippen LogP contribution is -2.65. The second kappa shape index (κ2) is 15.4. The maximum Gasteiger partial charge on any atom is 0.247 e. The molecule has 4 saturated heterocycles. The van der Waals surface area contributed by atoms with Crippen LogP contribution in [-0.2, 0) is 24.1 Å². The van der Waals surface area contributed by atoms with Crippen molar-refractivity contribution in [1.29, 1.82) is 0 Å². The monoisotopic (exact) mass is 750 g/mol. The summed E-state index contributed by atoms with van der Waals surface area (Å²) >= 11 is 0. The highest BCUT2D eigenvalue weighted by Gasteiger charge is 2.49. The predicted molar refractivity (Wildman–Crippen MR) is 206 cm³/mol. The van der Waals surface area contributed by atoms with Crippen LogP contribution in [0, 0.1) is 5.92 Å². The van der Waals surface area contributed by atoms with E-state index < -0.39 is 27.4 Å². The van der Waals surface area contributed by atoms with Gasteiger partial charge in [0.15, 0.2) is 9.84 Å². The van der Waals surface area contributed by atoms with Crippen molar-refractivity contribution in [1.82, 2.24) is 19.9 Å². The van der Waals surface area contributed by atoms with Gasteiger partial charge in [-0.05, 0) is 50.3 Å². The Balaban J connectivity index is 1.19.